The molecule has 1 aromatic carbocycles. The molecule has 3 atom stereocenters. The number of fused-ring (bicyclic) bond motifs is 2. The number of benzene rings is 1. The van der Waals surface area contributed by atoms with Crippen LogP contribution < -0.4 is 5.32 Å². The first-order valence-electron chi connectivity index (χ1n) is 13.8. The monoisotopic (exact) mass is 482 g/mol. The summed E-state index contributed by atoms with van der Waals surface area (Å²) in [5.74, 6) is -0.500. The van der Waals surface area contributed by atoms with E-state index in [0.29, 0.717) is 12.0 Å². The fourth-order valence-corrected chi connectivity index (χ4v) is 6.88. The molecular weight excluding hydrogens is 443 g/mol. The summed E-state index contributed by atoms with van der Waals surface area (Å²) in [6.45, 7) is 3.88. The second-order valence-electron chi connectivity index (χ2n) is 11.7. The van der Waals surface area contributed by atoms with Crippen LogP contribution in [0.15, 0.2) is 18.2 Å². The number of carbonyl (C=O) groups excluding carboxylic acids is 3. The highest BCUT2D eigenvalue weighted by Crippen LogP contribution is 2.51. The van der Waals surface area contributed by atoms with Gasteiger partial charge in [-0.1, -0.05) is 45.2 Å². The van der Waals surface area contributed by atoms with Gasteiger partial charge in [-0.2, -0.15) is 0 Å². The average molecular weight is 483 g/mol. The van der Waals surface area contributed by atoms with E-state index in [1.54, 1.807) is 12.1 Å². The predicted octanol–water partition coefficient (Wildman–Crippen LogP) is 5.52. The first-order chi connectivity index (χ1) is 16.8. The molecule has 2 saturated heterocycles. The number of hydrogen-bond acceptors (Lipinski definition) is 3. The van der Waals surface area contributed by atoms with Crippen LogP contribution in [-0.4, -0.2) is 40.6 Å². The molecule has 2 aliphatic heterocycles. The van der Waals surface area contributed by atoms with E-state index in [9.17, 15) is 14.4 Å². The van der Waals surface area contributed by atoms with Gasteiger partial charge in [-0.25, -0.2) is 4.39 Å². The van der Waals surface area contributed by atoms with E-state index >= 15 is 4.39 Å². The number of Topliss-reactive ketones (excluding diaryl/α,β-unsaturated/α-hetero) is 1. The summed E-state index contributed by atoms with van der Waals surface area (Å²) in [6.07, 6.45) is 10.9. The minimum atomic E-state index is -0.537. The van der Waals surface area contributed by atoms with Gasteiger partial charge >= 0.3 is 0 Å². The van der Waals surface area contributed by atoms with Gasteiger partial charge in [0.25, 0.3) is 5.91 Å². The van der Waals surface area contributed by atoms with Crippen molar-refractivity contribution in [2.75, 3.05) is 0 Å². The van der Waals surface area contributed by atoms with Crippen LogP contribution in [0.25, 0.3) is 0 Å². The van der Waals surface area contributed by atoms with Crippen LogP contribution >= 0.6 is 0 Å². The molecule has 1 N–H and O–H groups in total. The van der Waals surface area contributed by atoms with Gasteiger partial charge in [-0.15, -0.1) is 0 Å². The van der Waals surface area contributed by atoms with Crippen molar-refractivity contribution < 1.29 is 18.8 Å². The fourth-order valence-electron chi connectivity index (χ4n) is 6.88. The third-order valence-corrected chi connectivity index (χ3v) is 9.30. The van der Waals surface area contributed by atoms with Crippen molar-refractivity contribution in [3.8, 4) is 0 Å². The molecule has 4 aliphatic rings. The average Bonchev–Trinajstić information content (AvgIpc) is 3.57. The van der Waals surface area contributed by atoms with Crippen molar-refractivity contribution in [1.29, 1.82) is 0 Å². The Bertz CT molecular complexity index is 984. The van der Waals surface area contributed by atoms with Crippen molar-refractivity contribution in [3.63, 3.8) is 0 Å². The number of carbonyl (C=O) groups is 3. The van der Waals surface area contributed by atoms with Gasteiger partial charge in [0.2, 0.25) is 5.91 Å². The summed E-state index contributed by atoms with van der Waals surface area (Å²) in [6, 6.07) is 4.88. The Hall–Kier alpha value is -2.24. The maximum Gasteiger partial charge on any atom is 0.254 e. The summed E-state index contributed by atoms with van der Waals surface area (Å²) in [5, 5.41) is 2.92. The summed E-state index contributed by atoms with van der Waals surface area (Å²) in [5.41, 5.74) is 0.431. The van der Waals surface area contributed by atoms with Gasteiger partial charge in [0.15, 0.2) is 5.78 Å². The number of rotatable bonds is 7. The second kappa shape index (κ2) is 9.67. The third-order valence-electron chi connectivity index (χ3n) is 9.30. The quantitative estimate of drug-likeness (QED) is 0.556. The molecule has 5 nitrogen and oxygen atoms in total. The molecule has 4 fully saturated rings. The molecule has 2 bridgehead atoms. The molecule has 190 valence electrons. The summed E-state index contributed by atoms with van der Waals surface area (Å²) < 4.78 is 15.8. The normalized spacial score (nSPS) is 28.4. The summed E-state index contributed by atoms with van der Waals surface area (Å²) in [4.78, 5) is 41.1. The number of nitrogens with zero attached hydrogens (tertiary/aromatic N) is 1. The largest absolute Gasteiger partial charge is 0.342 e. The van der Waals surface area contributed by atoms with Gasteiger partial charge in [0, 0.05) is 23.9 Å². The van der Waals surface area contributed by atoms with Crippen LogP contribution in [0.1, 0.15) is 113 Å². The Morgan fingerprint density at radius 2 is 1.71 bits per heavy atom. The van der Waals surface area contributed by atoms with Crippen LogP contribution in [0.5, 0.6) is 0 Å². The lowest BCUT2D eigenvalue weighted by atomic mass is 9.81. The van der Waals surface area contributed by atoms with Gasteiger partial charge in [-0.3, -0.25) is 14.4 Å². The lowest BCUT2D eigenvalue weighted by Gasteiger charge is -2.40. The SMILES string of the molecule is CCC(=O)C(NC(=O)c1cccc(C2CC3CCC(C2)N3C(=O)C2(C)CC2)c1F)C1CCCCC1. The van der Waals surface area contributed by atoms with Gasteiger partial charge in [0.1, 0.15) is 5.82 Å². The molecule has 6 heteroatoms. The zero-order valence-corrected chi connectivity index (χ0v) is 21.2. The lowest BCUT2D eigenvalue weighted by molar-refractivity contribution is -0.141. The molecule has 2 amide bonds. The zero-order chi connectivity index (χ0) is 24.7. The minimum Gasteiger partial charge on any atom is -0.342 e. The molecule has 0 aromatic heterocycles. The Labute approximate surface area is 208 Å². The van der Waals surface area contributed by atoms with E-state index in [1.165, 1.54) is 12.5 Å². The van der Waals surface area contributed by atoms with E-state index in [1.807, 2.05) is 6.92 Å². The molecule has 0 spiro atoms. The zero-order valence-electron chi connectivity index (χ0n) is 21.2. The Morgan fingerprint density at radius 1 is 1.06 bits per heavy atom. The molecule has 2 saturated carbocycles. The summed E-state index contributed by atoms with van der Waals surface area (Å²) >= 11 is 0. The van der Waals surface area contributed by atoms with Crippen molar-refractivity contribution in [3.05, 3.63) is 35.1 Å². The van der Waals surface area contributed by atoms with Crippen LogP contribution in [0.4, 0.5) is 4.39 Å². The predicted molar refractivity (Wildman–Crippen MR) is 132 cm³/mol. The third kappa shape index (κ3) is 4.65. The number of nitrogens with one attached hydrogen (secondary N) is 1. The van der Waals surface area contributed by atoms with Gasteiger partial charge in [-0.05, 0) is 74.8 Å². The highest BCUT2D eigenvalue weighted by molar-refractivity contribution is 5.98. The maximum atomic E-state index is 15.8. The number of hydrogen-bond donors (Lipinski definition) is 1. The van der Waals surface area contributed by atoms with Crippen LogP contribution in [0, 0.1) is 17.2 Å². The Balaban J connectivity index is 1.32. The highest BCUT2D eigenvalue weighted by Gasteiger charge is 2.53. The second-order valence-corrected chi connectivity index (χ2v) is 11.7. The van der Waals surface area contributed by atoms with Crippen molar-refractivity contribution in [2.24, 2.45) is 11.3 Å². The Morgan fingerprint density at radius 3 is 2.31 bits per heavy atom. The topological polar surface area (TPSA) is 66.5 Å². The van der Waals surface area contributed by atoms with E-state index in [0.717, 1.165) is 64.2 Å². The van der Waals surface area contributed by atoms with E-state index in [4.69, 9.17) is 0 Å². The van der Waals surface area contributed by atoms with E-state index in [-0.39, 0.29) is 46.6 Å². The lowest BCUT2D eigenvalue weighted by Crippen LogP contribution is -2.48. The Kier molecular flexibility index (Phi) is 6.75. The van der Waals surface area contributed by atoms with Crippen molar-refractivity contribution in [1.82, 2.24) is 10.2 Å². The number of amides is 2. The number of piperidine rings is 1. The number of ketones is 1. The number of halogens is 1. The van der Waals surface area contributed by atoms with Crippen LogP contribution in [0.3, 0.4) is 0 Å². The van der Waals surface area contributed by atoms with Crippen LogP contribution in [-0.2, 0) is 9.59 Å². The molecule has 35 heavy (non-hydrogen) atoms. The molecule has 2 heterocycles. The fraction of sp³-hybridized carbons (Fsp3) is 0.690. The molecule has 1 aromatic rings. The molecule has 5 rings (SSSR count). The van der Waals surface area contributed by atoms with E-state index < -0.39 is 17.8 Å². The van der Waals surface area contributed by atoms with Gasteiger partial charge in [0.05, 0.1) is 11.6 Å². The van der Waals surface area contributed by atoms with Gasteiger partial charge < -0.3 is 10.2 Å². The first-order valence-corrected chi connectivity index (χ1v) is 13.8. The minimum absolute atomic E-state index is 0.00252. The van der Waals surface area contributed by atoms with Crippen LogP contribution in [0.2, 0.25) is 0 Å². The highest BCUT2D eigenvalue weighted by atomic mass is 19.1. The standard InChI is InChI=1S/C29H39FN2O3/c1-3-24(33)26(18-8-5-4-6-9-18)31-27(34)23-11-7-10-22(25(23)30)19-16-20-12-13-21(17-19)32(20)28(35)29(2)14-15-29/h7,10-11,18-21,26H,3-6,8-9,12-17H2,1-2H3,(H,31,34). The molecular formula is C29H39FN2O3. The smallest absolute Gasteiger partial charge is 0.254 e. The molecule has 0 radical (unpaired) electrons. The maximum absolute atomic E-state index is 15.8. The summed E-state index contributed by atoms with van der Waals surface area (Å²) in [7, 11) is 0. The first kappa shape index (κ1) is 24.5. The van der Waals surface area contributed by atoms with Crippen molar-refractivity contribution in [2.45, 2.75) is 115 Å². The molecule has 3 unspecified atom stereocenters. The van der Waals surface area contributed by atoms with Crippen molar-refractivity contribution >= 4 is 17.6 Å². The van der Waals surface area contributed by atoms with E-state index in [2.05, 4.69) is 17.1 Å². The molecule has 2 aliphatic carbocycles.